The average molecular weight is 190 g/mol. The summed E-state index contributed by atoms with van der Waals surface area (Å²) in [4.78, 5) is 0. The van der Waals surface area contributed by atoms with Crippen molar-refractivity contribution in [3.63, 3.8) is 0 Å². The topological polar surface area (TPSA) is 20.2 Å². The smallest absolute Gasteiger partial charge is 0.0829 e. The Morgan fingerprint density at radius 2 is 1.86 bits per heavy atom. The van der Waals surface area contributed by atoms with Gasteiger partial charge in [0.25, 0.3) is 0 Å². The molecule has 0 heterocycles. The Morgan fingerprint density at radius 1 is 1.21 bits per heavy atom. The van der Waals surface area contributed by atoms with E-state index in [-0.39, 0.29) is 11.5 Å². The Hall–Kier alpha value is -0.820. The Morgan fingerprint density at radius 3 is 2.43 bits per heavy atom. The van der Waals surface area contributed by atoms with Gasteiger partial charge in [0.15, 0.2) is 0 Å². The molecule has 2 unspecified atom stereocenters. The highest BCUT2D eigenvalue weighted by Crippen LogP contribution is 2.45. The zero-order valence-electron chi connectivity index (χ0n) is 9.12. The summed E-state index contributed by atoms with van der Waals surface area (Å²) >= 11 is 0. The van der Waals surface area contributed by atoms with Crippen LogP contribution < -0.4 is 0 Å². The van der Waals surface area contributed by atoms with Crippen LogP contribution in [0.4, 0.5) is 0 Å². The van der Waals surface area contributed by atoms with Crippen LogP contribution in [0.5, 0.6) is 0 Å². The van der Waals surface area contributed by atoms with Crippen molar-refractivity contribution >= 4 is 0 Å². The van der Waals surface area contributed by atoms with E-state index in [9.17, 15) is 5.11 Å². The van der Waals surface area contributed by atoms with E-state index in [1.165, 1.54) is 5.56 Å². The second-order valence-corrected chi connectivity index (χ2v) is 5.32. The molecule has 0 aromatic heterocycles. The average Bonchev–Trinajstić information content (AvgIpc) is 2.44. The first-order chi connectivity index (χ1) is 6.50. The molecule has 1 nitrogen and oxygen atoms in total. The van der Waals surface area contributed by atoms with E-state index in [0.717, 1.165) is 12.0 Å². The van der Waals surface area contributed by atoms with Crippen LogP contribution >= 0.6 is 0 Å². The van der Waals surface area contributed by atoms with Gasteiger partial charge < -0.3 is 5.11 Å². The summed E-state index contributed by atoms with van der Waals surface area (Å²) in [6.45, 7) is 6.60. The molecule has 0 bridgehead atoms. The molecular formula is C13H18O. The van der Waals surface area contributed by atoms with Crippen molar-refractivity contribution in [3.05, 3.63) is 35.4 Å². The van der Waals surface area contributed by atoms with Crippen LogP contribution in [0.2, 0.25) is 0 Å². The summed E-state index contributed by atoms with van der Waals surface area (Å²) < 4.78 is 0. The molecule has 76 valence electrons. The first-order valence-corrected chi connectivity index (χ1v) is 5.26. The second-order valence-electron chi connectivity index (χ2n) is 5.32. The van der Waals surface area contributed by atoms with Gasteiger partial charge >= 0.3 is 0 Å². The molecule has 1 aromatic rings. The van der Waals surface area contributed by atoms with Crippen molar-refractivity contribution in [2.75, 3.05) is 0 Å². The zero-order chi connectivity index (χ0) is 10.3. The number of rotatable bonds is 0. The maximum absolute atomic E-state index is 10.2. The number of fused-ring (bicyclic) bond motifs is 1. The monoisotopic (exact) mass is 190 g/mol. The molecule has 2 rings (SSSR count). The van der Waals surface area contributed by atoms with Crippen LogP contribution in [-0.4, -0.2) is 5.11 Å². The maximum Gasteiger partial charge on any atom is 0.0829 e. The van der Waals surface area contributed by atoms with Crippen molar-refractivity contribution in [2.45, 2.75) is 33.3 Å². The fourth-order valence-corrected chi connectivity index (χ4v) is 2.35. The van der Waals surface area contributed by atoms with Crippen molar-refractivity contribution < 1.29 is 5.11 Å². The lowest BCUT2D eigenvalue weighted by atomic mass is 9.78. The predicted molar refractivity (Wildman–Crippen MR) is 58.1 cm³/mol. The minimum atomic E-state index is -0.272. The van der Waals surface area contributed by atoms with Gasteiger partial charge in [-0.05, 0) is 28.9 Å². The maximum atomic E-state index is 10.2. The molecule has 2 atom stereocenters. The lowest BCUT2D eigenvalue weighted by molar-refractivity contribution is 0.0566. The van der Waals surface area contributed by atoms with E-state index in [1.54, 1.807) is 0 Å². The molecule has 1 aromatic carbocycles. The Bertz CT molecular complexity index is 335. The minimum Gasteiger partial charge on any atom is -0.388 e. The lowest BCUT2D eigenvalue weighted by Crippen LogP contribution is -2.24. The summed E-state index contributed by atoms with van der Waals surface area (Å²) in [6.07, 6.45) is 0.743. The van der Waals surface area contributed by atoms with Gasteiger partial charge in [0.1, 0.15) is 0 Å². The van der Waals surface area contributed by atoms with Crippen molar-refractivity contribution in [2.24, 2.45) is 11.3 Å². The van der Waals surface area contributed by atoms with E-state index in [2.05, 4.69) is 32.9 Å². The molecule has 14 heavy (non-hydrogen) atoms. The molecule has 1 aliphatic rings. The van der Waals surface area contributed by atoms with Crippen molar-refractivity contribution in [1.82, 2.24) is 0 Å². The summed E-state index contributed by atoms with van der Waals surface area (Å²) in [5, 5.41) is 10.2. The third kappa shape index (κ3) is 1.46. The van der Waals surface area contributed by atoms with E-state index < -0.39 is 0 Å². The summed E-state index contributed by atoms with van der Waals surface area (Å²) in [7, 11) is 0. The molecule has 1 aliphatic carbocycles. The first kappa shape index (κ1) is 9.72. The number of aliphatic hydroxyl groups is 1. The van der Waals surface area contributed by atoms with Crippen LogP contribution in [0.1, 0.15) is 38.0 Å². The van der Waals surface area contributed by atoms with Crippen molar-refractivity contribution in [1.29, 1.82) is 0 Å². The van der Waals surface area contributed by atoms with Crippen LogP contribution in [0, 0.1) is 11.3 Å². The zero-order valence-corrected chi connectivity index (χ0v) is 9.12. The van der Waals surface area contributed by atoms with E-state index in [1.807, 2.05) is 12.1 Å². The standard InChI is InChI=1S/C13H18O/c1-13(2,3)11-8-9-6-4-5-7-10(9)12(11)14/h4-7,11-12,14H,8H2,1-3H3. The fourth-order valence-electron chi connectivity index (χ4n) is 2.35. The van der Waals surface area contributed by atoms with Crippen LogP contribution in [0.3, 0.4) is 0 Å². The van der Waals surface area contributed by atoms with Crippen LogP contribution in [-0.2, 0) is 6.42 Å². The molecule has 0 saturated carbocycles. The molecule has 0 aliphatic heterocycles. The van der Waals surface area contributed by atoms with Gasteiger partial charge in [0, 0.05) is 0 Å². The van der Waals surface area contributed by atoms with Crippen LogP contribution in [0.15, 0.2) is 24.3 Å². The SMILES string of the molecule is CC(C)(C)C1Cc2ccccc2C1O. The summed E-state index contributed by atoms with van der Waals surface area (Å²) in [6, 6.07) is 8.24. The first-order valence-electron chi connectivity index (χ1n) is 5.26. The van der Waals surface area contributed by atoms with Gasteiger partial charge in [0.05, 0.1) is 6.10 Å². The quantitative estimate of drug-likeness (QED) is 0.667. The third-order valence-electron chi connectivity index (χ3n) is 3.31. The highest BCUT2D eigenvalue weighted by atomic mass is 16.3. The number of hydrogen-bond donors (Lipinski definition) is 1. The Kier molecular flexibility index (Phi) is 2.15. The molecule has 0 amide bonds. The highest BCUT2D eigenvalue weighted by molar-refractivity contribution is 5.35. The number of benzene rings is 1. The molecular weight excluding hydrogens is 172 g/mol. The van der Waals surface area contributed by atoms with Crippen LogP contribution in [0.25, 0.3) is 0 Å². The normalized spacial score (nSPS) is 26.3. The Balaban J connectivity index is 2.35. The molecule has 0 saturated heterocycles. The highest BCUT2D eigenvalue weighted by Gasteiger charge is 2.37. The van der Waals surface area contributed by atoms with Gasteiger partial charge in [-0.25, -0.2) is 0 Å². The summed E-state index contributed by atoms with van der Waals surface area (Å²) in [5.41, 5.74) is 2.63. The number of aliphatic hydroxyl groups excluding tert-OH is 1. The van der Waals surface area contributed by atoms with E-state index in [0.29, 0.717) is 5.92 Å². The van der Waals surface area contributed by atoms with Gasteiger partial charge in [-0.2, -0.15) is 0 Å². The molecule has 0 spiro atoms. The van der Waals surface area contributed by atoms with Gasteiger partial charge in [-0.3, -0.25) is 0 Å². The molecule has 1 N–H and O–H groups in total. The molecule has 0 fully saturated rings. The van der Waals surface area contributed by atoms with Gasteiger partial charge in [-0.15, -0.1) is 0 Å². The predicted octanol–water partition coefficient (Wildman–Crippen LogP) is 2.94. The summed E-state index contributed by atoms with van der Waals surface area (Å²) in [5.74, 6) is 0.361. The van der Waals surface area contributed by atoms with Gasteiger partial charge in [0.2, 0.25) is 0 Å². The fraction of sp³-hybridized carbons (Fsp3) is 0.538. The second kappa shape index (κ2) is 3.09. The minimum absolute atomic E-state index is 0.179. The molecule has 0 radical (unpaired) electrons. The number of hydrogen-bond acceptors (Lipinski definition) is 1. The van der Waals surface area contributed by atoms with Gasteiger partial charge in [-0.1, -0.05) is 45.0 Å². The lowest BCUT2D eigenvalue weighted by Gasteiger charge is -2.29. The Labute approximate surface area is 85.8 Å². The van der Waals surface area contributed by atoms with E-state index in [4.69, 9.17) is 0 Å². The largest absolute Gasteiger partial charge is 0.388 e. The van der Waals surface area contributed by atoms with E-state index >= 15 is 0 Å². The molecule has 1 heteroatoms. The van der Waals surface area contributed by atoms with Crippen molar-refractivity contribution in [3.8, 4) is 0 Å². The third-order valence-corrected chi connectivity index (χ3v) is 3.31.